The number of hydrogen-bond donors (Lipinski definition) is 1. The first-order valence-electron chi connectivity index (χ1n) is 10.5. The van der Waals surface area contributed by atoms with Crippen molar-refractivity contribution in [1.29, 1.82) is 0 Å². The van der Waals surface area contributed by atoms with Gasteiger partial charge in [0.05, 0.1) is 0 Å². The number of unbranched alkanes of at least 4 members (excludes halogenated alkanes) is 2. The predicted molar refractivity (Wildman–Crippen MR) is 109 cm³/mol. The lowest BCUT2D eigenvalue weighted by molar-refractivity contribution is -0.160. The molecule has 0 heterocycles. The Bertz CT molecular complexity index is 417. The summed E-state index contributed by atoms with van der Waals surface area (Å²) in [6, 6.07) is 0. The zero-order valence-electron chi connectivity index (χ0n) is 18.5. The van der Waals surface area contributed by atoms with Crippen LogP contribution in [-0.4, -0.2) is 23.0 Å². The third-order valence-corrected chi connectivity index (χ3v) is 5.27. The Morgan fingerprint density at radius 3 is 1.81 bits per heavy atom. The first kappa shape index (κ1) is 27.8. The van der Waals surface area contributed by atoms with E-state index in [0.29, 0.717) is 42.9 Å². The van der Waals surface area contributed by atoms with Gasteiger partial charge in [0.15, 0.2) is 0 Å². The van der Waals surface area contributed by atoms with Gasteiger partial charge in [0.1, 0.15) is 0 Å². The number of ether oxygens (including phenoxy) is 1. The lowest BCUT2D eigenvalue weighted by atomic mass is 9.91. The minimum atomic E-state index is -0.687. The Hall–Kier alpha value is -1.39. The van der Waals surface area contributed by atoms with Gasteiger partial charge in [-0.25, -0.2) is 0 Å². The molecular weight excluding hydrogens is 344 g/mol. The van der Waals surface area contributed by atoms with Crippen LogP contribution in [0.1, 0.15) is 99.8 Å². The van der Waals surface area contributed by atoms with Crippen molar-refractivity contribution in [2.75, 3.05) is 0 Å². The number of aliphatic carboxylic acids is 1. The Morgan fingerprint density at radius 2 is 1.37 bits per heavy atom. The summed E-state index contributed by atoms with van der Waals surface area (Å²) in [6.07, 6.45) is 5.74. The fourth-order valence-electron chi connectivity index (χ4n) is 2.31. The van der Waals surface area contributed by atoms with E-state index in [-0.39, 0.29) is 11.9 Å². The molecule has 0 fully saturated rings. The van der Waals surface area contributed by atoms with Crippen molar-refractivity contribution < 1.29 is 24.2 Å². The Kier molecular flexibility index (Phi) is 17.3. The van der Waals surface area contributed by atoms with Gasteiger partial charge in [-0.1, -0.05) is 67.7 Å². The molecule has 3 unspecified atom stereocenters. The van der Waals surface area contributed by atoms with Crippen LogP contribution in [0.5, 0.6) is 0 Å². The molecule has 0 spiro atoms. The highest BCUT2D eigenvalue weighted by Crippen LogP contribution is 2.17. The largest absolute Gasteiger partial charge is 0.481 e. The van der Waals surface area contributed by atoms with Crippen LogP contribution in [0.15, 0.2) is 0 Å². The minimum absolute atomic E-state index is 0.301. The highest BCUT2D eigenvalue weighted by molar-refractivity contribution is 5.85. The zero-order chi connectivity index (χ0) is 21.4. The Morgan fingerprint density at radius 1 is 0.815 bits per heavy atom. The molecule has 1 N–H and O–H groups in total. The zero-order valence-corrected chi connectivity index (χ0v) is 18.5. The van der Waals surface area contributed by atoms with Crippen molar-refractivity contribution in [2.45, 2.75) is 99.8 Å². The van der Waals surface area contributed by atoms with Gasteiger partial charge in [0.25, 0.3) is 0 Å². The monoisotopic (exact) mass is 386 g/mol. The summed E-state index contributed by atoms with van der Waals surface area (Å²) in [5.41, 5.74) is 0. The molecular formula is C22H42O5. The van der Waals surface area contributed by atoms with Gasteiger partial charge in [-0.3, -0.25) is 14.4 Å². The summed E-state index contributed by atoms with van der Waals surface area (Å²) >= 11 is 0. The molecule has 160 valence electrons. The van der Waals surface area contributed by atoms with Crippen molar-refractivity contribution in [1.82, 2.24) is 0 Å². The molecule has 0 aliphatic heterocycles. The summed E-state index contributed by atoms with van der Waals surface area (Å²) in [7, 11) is 0. The summed E-state index contributed by atoms with van der Waals surface area (Å²) in [6.45, 7) is 14.6. The van der Waals surface area contributed by atoms with Crippen LogP contribution in [0, 0.1) is 23.7 Å². The molecule has 3 atom stereocenters. The second kappa shape index (κ2) is 16.8. The molecule has 0 saturated heterocycles. The molecule has 0 amide bonds. The van der Waals surface area contributed by atoms with Crippen LogP contribution in [0.3, 0.4) is 0 Å². The maximum atomic E-state index is 11.4. The Balaban J connectivity index is 0. The molecule has 0 aromatic carbocycles. The molecule has 0 aliphatic rings. The van der Waals surface area contributed by atoms with Crippen LogP contribution in [0.2, 0.25) is 0 Å². The van der Waals surface area contributed by atoms with Crippen molar-refractivity contribution in [3.8, 4) is 0 Å². The van der Waals surface area contributed by atoms with Gasteiger partial charge < -0.3 is 9.84 Å². The average Bonchev–Trinajstić information content (AvgIpc) is 2.58. The van der Waals surface area contributed by atoms with Gasteiger partial charge in [0, 0.05) is 19.3 Å². The summed E-state index contributed by atoms with van der Waals surface area (Å²) in [4.78, 5) is 32.9. The van der Waals surface area contributed by atoms with Gasteiger partial charge in [0.2, 0.25) is 0 Å². The quantitative estimate of drug-likeness (QED) is 0.258. The number of hydrogen-bond acceptors (Lipinski definition) is 4. The van der Waals surface area contributed by atoms with Crippen LogP contribution < -0.4 is 0 Å². The number of esters is 2. The topological polar surface area (TPSA) is 80.7 Å². The number of rotatable bonds is 12. The molecule has 0 bridgehead atoms. The smallest absolute Gasteiger partial charge is 0.313 e. The van der Waals surface area contributed by atoms with Gasteiger partial charge in [-0.15, -0.1) is 0 Å². The summed E-state index contributed by atoms with van der Waals surface area (Å²) in [5, 5.41) is 8.43. The first-order chi connectivity index (χ1) is 12.5. The van der Waals surface area contributed by atoms with Crippen LogP contribution in [0.4, 0.5) is 0 Å². The number of carboxylic acid groups (broad SMARTS) is 1. The molecule has 27 heavy (non-hydrogen) atoms. The van der Waals surface area contributed by atoms with Crippen molar-refractivity contribution >= 4 is 17.9 Å². The Labute approximate surface area is 166 Å². The third kappa shape index (κ3) is 17.8. The van der Waals surface area contributed by atoms with E-state index >= 15 is 0 Å². The highest BCUT2D eigenvalue weighted by Gasteiger charge is 2.14. The van der Waals surface area contributed by atoms with E-state index in [2.05, 4.69) is 41.5 Å². The summed E-state index contributed by atoms with van der Waals surface area (Å²) in [5.74, 6) is 0.437. The highest BCUT2D eigenvalue weighted by atomic mass is 16.6. The van der Waals surface area contributed by atoms with E-state index in [0.717, 1.165) is 32.1 Å². The van der Waals surface area contributed by atoms with E-state index in [1.807, 2.05) is 6.92 Å². The molecule has 0 aliphatic carbocycles. The van der Waals surface area contributed by atoms with Crippen LogP contribution in [-0.2, 0) is 19.1 Å². The standard InChI is InChI=1S/C14H26O3.C8H16O2/c1-5-6-7-8-13(15)17-14(16)10-9-12(4)11(2)3;1-4-6(2)7(3)5-8(9)10/h11-12H,5-10H2,1-4H3;6-7H,4-5H2,1-3H3,(H,9,10). The predicted octanol–water partition coefficient (Wildman–Crippen LogP) is 5.85. The molecule has 0 radical (unpaired) electrons. The van der Waals surface area contributed by atoms with Crippen molar-refractivity contribution in [3.63, 3.8) is 0 Å². The first-order valence-corrected chi connectivity index (χ1v) is 10.5. The molecule has 0 aromatic heterocycles. The van der Waals surface area contributed by atoms with E-state index in [4.69, 9.17) is 9.84 Å². The molecule has 0 saturated carbocycles. The van der Waals surface area contributed by atoms with Crippen LogP contribution >= 0.6 is 0 Å². The number of carbonyl (C=O) groups is 3. The van der Waals surface area contributed by atoms with E-state index in [1.165, 1.54) is 0 Å². The number of carboxylic acids is 1. The van der Waals surface area contributed by atoms with Gasteiger partial charge in [-0.05, 0) is 36.5 Å². The minimum Gasteiger partial charge on any atom is -0.481 e. The SMILES string of the molecule is CCC(C)C(C)CC(=O)O.CCCCCC(=O)OC(=O)CCC(C)C(C)C. The molecule has 5 heteroatoms. The van der Waals surface area contributed by atoms with Crippen molar-refractivity contribution in [3.05, 3.63) is 0 Å². The van der Waals surface area contributed by atoms with Gasteiger partial charge in [-0.2, -0.15) is 0 Å². The van der Waals surface area contributed by atoms with E-state index < -0.39 is 5.97 Å². The molecule has 0 rings (SSSR count). The second-order valence-corrected chi connectivity index (χ2v) is 8.02. The van der Waals surface area contributed by atoms with E-state index in [1.54, 1.807) is 0 Å². The molecule has 0 aromatic rings. The van der Waals surface area contributed by atoms with E-state index in [9.17, 15) is 14.4 Å². The fraction of sp³-hybridized carbons (Fsp3) is 0.864. The average molecular weight is 387 g/mol. The van der Waals surface area contributed by atoms with Gasteiger partial charge >= 0.3 is 17.9 Å². The molecule has 5 nitrogen and oxygen atoms in total. The van der Waals surface area contributed by atoms with Crippen LogP contribution in [0.25, 0.3) is 0 Å². The number of carbonyl (C=O) groups excluding carboxylic acids is 2. The maximum Gasteiger partial charge on any atom is 0.313 e. The van der Waals surface area contributed by atoms with Crippen molar-refractivity contribution in [2.24, 2.45) is 23.7 Å². The fourth-order valence-corrected chi connectivity index (χ4v) is 2.31. The second-order valence-electron chi connectivity index (χ2n) is 8.02. The lowest BCUT2D eigenvalue weighted by Gasteiger charge is -2.14. The normalized spacial score (nSPS) is 13.9. The summed E-state index contributed by atoms with van der Waals surface area (Å²) < 4.78 is 4.75. The maximum absolute atomic E-state index is 11.4. The third-order valence-electron chi connectivity index (χ3n) is 5.27. The lowest BCUT2D eigenvalue weighted by Crippen LogP contribution is -2.14.